The first-order valence-electron chi connectivity index (χ1n) is 5.25. The minimum absolute atomic E-state index is 0.682. The number of hydrogen-bond donors (Lipinski definition) is 0. The van der Waals surface area contributed by atoms with Gasteiger partial charge in [0.1, 0.15) is 0 Å². The topological polar surface area (TPSA) is 0 Å². The Balaban J connectivity index is 3.69. The Morgan fingerprint density at radius 1 is 1.17 bits per heavy atom. The van der Waals surface area contributed by atoms with Gasteiger partial charge in [-0.2, -0.15) is 0 Å². The summed E-state index contributed by atoms with van der Waals surface area (Å²) in [6, 6.07) is 0. The molecule has 0 aliphatic carbocycles. The molecule has 0 bridgehead atoms. The summed E-state index contributed by atoms with van der Waals surface area (Å²) >= 11 is 3.68. The Bertz CT molecular complexity index is 99.2. The third-order valence-corrected chi connectivity index (χ3v) is 3.41. The lowest BCUT2D eigenvalue weighted by Gasteiger charge is -2.21. The van der Waals surface area contributed by atoms with Crippen molar-refractivity contribution in [3.8, 4) is 0 Å². The molecule has 0 heterocycles. The van der Waals surface area contributed by atoms with Crippen LogP contribution >= 0.6 is 15.9 Å². The van der Waals surface area contributed by atoms with E-state index in [0.717, 1.165) is 11.8 Å². The highest BCUT2D eigenvalue weighted by molar-refractivity contribution is 9.09. The van der Waals surface area contributed by atoms with Crippen LogP contribution in [0.5, 0.6) is 0 Å². The third-order valence-electron chi connectivity index (χ3n) is 2.66. The van der Waals surface area contributed by atoms with E-state index < -0.39 is 0 Å². The van der Waals surface area contributed by atoms with E-state index in [0.29, 0.717) is 4.83 Å². The number of halogens is 1. The molecule has 0 fully saturated rings. The summed E-state index contributed by atoms with van der Waals surface area (Å²) in [5, 5.41) is 0. The molecule has 0 N–H and O–H groups in total. The molecule has 0 saturated heterocycles. The minimum Gasteiger partial charge on any atom is -0.0891 e. The van der Waals surface area contributed by atoms with Crippen LogP contribution in [-0.4, -0.2) is 4.83 Å². The van der Waals surface area contributed by atoms with E-state index >= 15 is 0 Å². The maximum Gasteiger partial charge on any atom is 0.0145 e. The molecule has 0 radical (unpaired) electrons. The second kappa shape index (κ2) is 6.94. The predicted molar refractivity (Wildman–Crippen MR) is 60.9 cm³/mol. The van der Waals surface area contributed by atoms with E-state index in [4.69, 9.17) is 0 Å². The molecule has 0 nitrogen and oxygen atoms in total. The van der Waals surface area contributed by atoms with Gasteiger partial charge in [-0.1, -0.05) is 62.9 Å². The molecule has 74 valence electrons. The first kappa shape index (κ1) is 12.5. The Morgan fingerprint density at radius 3 is 2.08 bits per heavy atom. The summed E-state index contributed by atoms with van der Waals surface area (Å²) in [5.74, 6) is 1.77. The number of hydrogen-bond acceptors (Lipinski definition) is 0. The fourth-order valence-corrected chi connectivity index (χ4v) is 2.40. The van der Waals surface area contributed by atoms with E-state index in [-0.39, 0.29) is 0 Å². The van der Waals surface area contributed by atoms with E-state index in [9.17, 15) is 0 Å². The van der Waals surface area contributed by atoms with Crippen molar-refractivity contribution >= 4 is 15.9 Å². The summed E-state index contributed by atoms with van der Waals surface area (Å²) in [4.78, 5) is 0.682. The second-order valence-electron chi connectivity index (χ2n) is 3.98. The van der Waals surface area contributed by atoms with Gasteiger partial charge in [-0.25, -0.2) is 0 Å². The van der Waals surface area contributed by atoms with E-state index in [1.807, 2.05) is 0 Å². The quantitative estimate of drug-likeness (QED) is 0.589. The van der Waals surface area contributed by atoms with E-state index in [1.165, 1.54) is 25.7 Å². The summed E-state index contributed by atoms with van der Waals surface area (Å²) < 4.78 is 0. The van der Waals surface area contributed by atoms with Gasteiger partial charge < -0.3 is 0 Å². The molecule has 0 amide bonds. The lowest BCUT2D eigenvalue weighted by molar-refractivity contribution is 0.363. The fourth-order valence-electron chi connectivity index (χ4n) is 1.81. The molecule has 12 heavy (non-hydrogen) atoms. The van der Waals surface area contributed by atoms with Crippen molar-refractivity contribution < 1.29 is 0 Å². The SMILES string of the molecule is CCCC(C)CC(CC)C(C)Br. The largest absolute Gasteiger partial charge is 0.0891 e. The highest BCUT2D eigenvalue weighted by atomic mass is 79.9. The molecule has 3 atom stereocenters. The maximum absolute atomic E-state index is 3.68. The Morgan fingerprint density at radius 2 is 1.75 bits per heavy atom. The lowest BCUT2D eigenvalue weighted by Crippen LogP contribution is -2.13. The molecule has 0 rings (SSSR count). The van der Waals surface area contributed by atoms with E-state index in [1.54, 1.807) is 0 Å². The maximum atomic E-state index is 3.68. The van der Waals surface area contributed by atoms with Gasteiger partial charge in [0.15, 0.2) is 0 Å². The number of rotatable bonds is 6. The predicted octanol–water partition coefficient (Wildman–Crippen LogP) is 4.62. The monoisotopic (exact) mass is 234 g/mol. The standard InChI is InChI=1S/C11H23Br/c1-5-7-9(3)8-11(6-2)10(4)12/h9-11H,5-8H2,1-4H3. The van der Waals surface area contributed by atoms with Crippen LogP contribution in [0.4, 0.5) is 0 Å². The minimum atomic E-state index is 0.682. The average Bonchev–Trinajstić information content (AvgIpc) is 2.00. The van der Waals surface area contributed by atoms with Crippen molar-refractivity contribution in [2.24, 2.45) is 11.8 Å². The molecular weight excluding hydrogens is 212 g/mol. The Hall–Kier alpha value is 0.480. The zero-order valence-corrected chi connectivity index (χ0v) is 10.5. The molecule has 0 aliphatic rings. The van der Waals surface area contributed by atoms with Crippen LogP contribution in [0.3, 0.4) is 0 Å². The summed E-state index contributed by atoms with van der Waals surface area (Å²) in [6.45, 7) is 9.21. The summed E-state index contributed by atoms with van der Waals surface area (Å²) in [7, 11) is 0. The van der Waals surface area contributed by atoms with Crippen LogP contribution in [0.15, 0.2) is 0 Å². The summed E-state index contributed by atoms with van der Waals surface area (Å²) in [6.07, 6.45) is 5.40. The first-order valence-corrected chi connectivity index (χ1v) is 6.17. The van der Waals surface area contributed by atoms with Crippen molar-refractivity contribution in [3.63, 3.8) is 0 Å². The van der Waals surface area contributed by atoms with Crippen molar-refractivity contribution in [1.82, 2.24) is 0 Å². The molecule has 0 aromatic carbocycles. The van der Waals surface area contributed by atoms with Crippen LogP contribution in [0.25, 0.3) is 0 Å². The van der Waals surface area contributed by atoms with Crippen LogP contribution in [-0.2, 0) is 0 Å². The van der Waals surface area contributed by atoms with Crippen molar-refractivity contribution in [1.29, 1.82) is 0 Å². The van der Waals surface area contributed by atoms with Gasteiger partial charge in [0.2, 0.25) is 0 Å². The molecule has 0 aliphatic heterocycles. The van der Waals surface area contributed by atoms with Crippen LogP contribution in [0.1, 0.15) is 53.4 Å². The van der Waals surface area contributed by atoms with Gasteiger partial charge in [0.25, 0.3) is 0 Å². The van der Waals surface area contributed by atoms with E-state index in [2.05, 4.69) is 43.6 Å². The molecule has 1 heteroatoms. The fraction of sp³-hybridized carbons (Fsp3) is 1.00. The van der Waals surface area contributed by atoms with Gasteiger partial charge in [-0.15, -0.1) is 0 Å². The molecule has 0 spiro atoms. The van der Waals surface area contributed by atoms with Gasteiger partial charge in [-0.3, -0.25) is 0 Å². The van der Waals surface area contributed by atoms with Gasteiger partial charge in [-0.05, 0) is 18.3 Å². The van der Waals surface area contributed by atoms with Crippen molar-refractivity contribution in [3.05, 3.63) is 0 Å². The third kappa shape index (κ3) is 5.18. The summed E-state index contributed by atoms with van der Waals surface area (Å²) in [5.41, 5.74) is 0. The molecule has 0 aromatic heterocycles. The van der Waals surface area contributed by atoms with Gasteiger partial charge in [0, 0.05) is 4.83 Å². The zero-order chi connectivity index (χ0) is 9.56. The van der Waals surface area contributed by atoms with Crippen molar-refractivity contribution in [2.75, 3.05) is 0 Å². The second-order valence-corrected chi connectivity index (χ2v) is 5.42. The van der Waals surface area contributed by atoms with Crippen LogP contribution < -0.4 is 0 Å². The first-order chi connectivity index (χ1) is 5.61. The average molecular weight is 235 g/mol. The molecule has 0 aromatic rings. The highest BCUT2D eigenvalue weighted by Gasteiger charge is 2.15. The van der Waals surface area contributed by atoms with Gasteiger partial charge >= 0.3 is 0 Å². The van der Waals surface area contributed by atoms with Gasteiger partial charge in [0.05, 0.1) is 0 Å². The molecule has 3 unspecified atom stereocenters. The Labute approximate surface area is 86.3 Å². The van der Waals surface area contributed by atoms with Crippen molar-refractivity contribution in [2.45, 2.75) is 58.2 Å². The smallest absolute Gasteiger partial charge is 0.0145 e. The molecule has 0 saturated carbocycles. The van der Waals surface area contributed by atoms with Crippen LogP contribution in [0.2, 0.25) is 0 Å². The molecular formula is C11H23Br. The highest BCUT2D eigenvalue weighted by Crippen LogP contribution is 2.25. The number of alkyl halides is 1. The zero-order valence-electron chi connectivity index (χ0n) is 8.94. The van der Waals surface area contributed by atoms with Crippen LogP contribution in [0, 0.1) is 11.8 Å². The Kier molecular flexibility index (Phi) is 7.22. The normalized spacial score (nSPS) is 18.8. The lowest BCUT2D eigenvalue weighted by atomic mass is 9.89.